The van der Waals surface area contributed by atoms with Crippen molar-refractivity contribution in [2.75, 3.05) is 6.61 Å². The van der Waals surface area contributed by atoms with E-state index in [1.807, 2.05) is 36.4 Å². The van der Waals surface area contributed by atoms with E-state index in [1.165, 1.54) is 0 Å². The van der Waals surface area contributed by atoms with Crippen LogP contribution in [0.25, 0.3) is 0 Å². The van der Waals surface area contributed by atoms with Crippen LogP contribution < -0.4 is 0 Å². The number of amides is 1. The molecule has 2 atom stereocenters. The Balaban J connectivity index is 1.67. The number of rotatable bonds is 3. The standard InChI is InChI=1S/C18H17BrN2O3/c19-13-5-1-4-12(10-13)15-11-14(16-6-2-8-23-16)20-21(15)18(22)17-7-3-9-24-17/h1-2,4-6,8,10,15,17H,3,7,9,11H2/t15-,17+/m1/s1. The van der Waals surface area contributed by atoms with Gasteiger partial charge in [-0.25, -0.2) is 5.01 Å². The van der Waals surface area contributed by atoms with Gasteiger partial charge in [0, 0.05) is 17.5 Å². The Morgan fingerprint density at radius 3 is 2.92 bits per heavy atom. The minimum atomic E-state index is -0.389. The van der Waals surface area contributed by atoms with Gasteiger partial charge < -0.3 is 9.15 Å². The molecule has 0 aliphatic carbocycles. The van der Waals surface area contributed by atoms with Crippen LogP contribution in [0.4, 0.5) is 0 Å². The van der Waals surface area contributed by atoms with Gasteiger partial charge in [0.25, 0.3) is 5.91 Å². The molecule has 1 saturated heterocycles. The number of nitrogens with zero attached hydrogens (tertiary/aromatic N) is 2. The van der Waals surface area contributed by atoms with Crippen LogP contribution in [0.5, 0.6) is 0 Å². The molecule has 0 spiro atoms. The van der Waals surface area contributed by atoms with Crippen LogP contribution in [0.15, 0.2) is 56.7 Å². The molecular formula is C18H17BrN2O3. The molecule has 124 valence electrons. The third-order valence-electron chi connectivity index (χ3n) is 4.38. The summed E-state index contributed by atoms with van der Waals surface area (Å²) in [6.45, 7) is 0.639. The SMILES string of the molecule is O=C([C@@H]1CCCO1)N1N=C(c2ccco2)C[C@@H]1c1cccc(Br)c1. The van der Waals surface area contributed by atoms with E-state index >= 15 is 0 Å². The average molecular weight is 389 g/mol. The summed E-state index contributed by atoms with van der Waals surface area (Å²) in [5.41, 5.74) is 1.83. The number of ether oxygens (including phenoxy) is 1. The van der Waals surface area contributed by atoms with Gasteiger partial charge in [-0.3, -0.25) is 4.79 Å². The highest BCUT2D eigenvalue weighted by molar-refractivity contribution is 9.10. The van der Waals surface area contributed by atoms with E-state index in [4.69, 9.17) is 9.15 Å². The first kappa shape index (κ1) is 15.6. The zero-order valence-electron chi connectivity index (χ0n) is 13.0. The Bertz CT molecular complexity index is 766. The summed E-state index contributed by atoms with van der Waals surface area (Å²) in [5, 5.41) is 6.15. The molecule has 0 radical (unpaired) electrons. The molecule has 1 aromatic heterocycles. The molecule has 2 aliphatic rings. The Morgan fingerprint density at radius 1 is 1.29 bits per heavy atom. The first-order chi connectivity index (χ1) is 11.7. The number of benzene rings is 1. The zero-order valence-corrected chi connectivity index (χ0v) is 14.6. The Kier molecular flexibility index (Phi) is 4.24. The molecule has 2 aromatic rings. The van der Waals surface area contributed by atoms with Crippen LogP contribution in [-0.4, -0.2) is 29.3 Å². The largest absolute Gasteiger partial charge is 0.463 e. The number of hydrazone groups is 1. The van der Waals surface area contributed by atoms with Crippen LogP contribution in [0.3, 0.4) is 0 Å². The third-order valence-corrected chi connectivity index (χ3v) is 4.87. The maximum Gasteiger partial charge on any atom is 0.272 e. The molecule has 4 rings (SSSR count). The number of carbonyl (C=O) groups excluding carboxylic acids is 1. The van der Waals surface area contributed by atoms with Gasteiger partial charge in [0.15, 0.2) is 0 Å². The first-order valence-electron chi connectivity index (χ1n) is 8.04. The summed E-state index contributed by atoms with van der Waals surface area (Å²) in [5.74, 6) is 0.636. The fourth-order valence-electron chi connectivity index (χ4n) is 3.20. The topological polar surface area (TPSA) is 55.0 Å². The van der Waals surface area contributed by atoms with Gasteiger partial charge in [0.2, 0.25) is 0 Å². The molecular weight excluding hydrogens is 372 g/mol. The highest BCUT2D eigenvalue weighted by Gasteiger charge is 2.38. The molecule has 0 unspecified atom stereocenters. The van der Waals surface area contributed by atoms with Crippen LogP contribution in [-0.2, 0) is 9.53 Å². The van der Waals surface area contributed by atoms with E-state index in [0.29, 0.717) is 18.8 Å². The molecule has 1 aromatic carbocycles. The number of hydrogen-bond donors (Lipinski definition) is 0. The molecule has 3 heterocycles. The molecule has 1 fully saturated rings. The number of furan rings is 1. The van der Waals surface area contributed by atoms with Gasteiger partial charge in [0.1, 0.15) is 17.6 Å². The third kappa shape index (κ3) is 2.91. The lowest BCUT2D eigenvalue weighted by Gasteiger charge is -2.24. The van der Waals surface area contributed by atoms with Crippen molar-refractivity contribution in [1.82, 2.24) is 5.01 Å². The number of carbonyl (C=O) groups is 1. The molecule has 0 saturated carbocycles. The van der Waals surface area contributed by atoms with E-state index < -0.39 is 0 Å². The summed E-state index contributed by atoms with van der Waals surface area (Å²) in [7, 11) is 0. The van der Waals surface area contributed by atoms with Gasteiger partial charge in [0.05, 0.1) is 12.3 Å². The molecule has 5 nitrogen and oxygen atoms in total. The summed E-state index contributed by atoms with van der Waals surface area (Å²) in [6, 6.07) is 11.6. The molecule has 0 N–H and O–H groups in total. The van der Waals surface area contributed by atoms with Gasteiger partial charge in [-0.2, -0.15) is 5.10 Å². The Hall–Kier alpha value is -1.92. The maximum atomic E-state index is 12.9. The predicted octanol–water partition coefficient (Wildman–Crippen LogP) is 3.90. The van der Waals surface area contributed by atoms with Crippen LogP contribution in [0.1, 0.15) is 36.6 Å². The molecule has 0 bridgehead atoms. The lowest BCUT2D eigenvalue weighted by atomic mass is 10.0. The average Bonchev–Trinajstić information content (AvgIpc) is 3.34. The minimum Gasteiger partial charge on any atom is -0.463 e. The second-order valence-corrected chi connectivity index (χ2v) is 6.90. The first-order valence-corrected chi connectivity index (χ1v) is 8.83. The van der Waals surface area contributed by atoms with E-state index in [-0.39, 0.29) is 18.1 Å². The van der Waals surface area contributed by atoms with E-state index in [1.54, 1.807) is 11.3 Å². The fraction of sp³-hybridized carbons (Fsp3) is 0.333. The van der Waals surface area contributed by atoms with Crippen molar-refractivity contribution in [3.63, 3.8) is 0 Å². The normalized spacial score (nSPS) is 23.5. The van der Waals surface area contributed by atoms with Gasteiger partial charge in [-0.05, 0) is 42.7 Å². The van der Waals surface area contributed by atoms with Crippen molar-refractivity contribution in [2.24, 2.45) is 5.10 Å². The van der Waals surface area contributed by atoms with Gasteiger partial charge in [-0.15, -0.1) is 0 Å². The lowest BCUT2D eigenvalue weighted by molar-refractivity contribution is -0.142. The summed E-state index contributed by atoms with van der Waals surface area (Å²) >= 11 is 3.50. The minimum absolute atomic E-state index is 0.0703. The summed E-state index contributed by atoms with van der Waals surface area (Å²) in [4.78, 5) is 12.9. The molecule has 6 heteroatoms. The van der Waals surface area contributed by atoms with Crippen molar-refractivity contribution in [3.05, 3.63) is 58.5 Å². The predicted molar refractivity (Wildman–Crippen MR) is 92.6 cm³/mol. The van der Waals surface area contributed by atoms with E-state index in [2.05, 4.69) is 21.0 Å². The van der Waals surface area contributed by atoms with Crippen molar-refractivity contribution in [3.8, 4) is 0 Å². The smallest absolute Gasteiger partial charge is 0.272 e. The van der Waals surface area contributed by atoms with Gasteiger partial charge in [-0.1, -0.05) is 28.1 Å². The van der Waals surface area contributed by atoms with Gasteiger partial charge >= 0.3 is 0 Å². The van der Waals surface area contributed by atoms with Crippen molar-refractivity contribution >= 4 is 27.5 Å². The fourth-order valence-corrected chi connectivity index (χ4v) is 3.62. The number of hydrogen-bond acceptors (Lipinski definition) is 4. The van der Waals surface area contributed by atoms with Crippen LogP contribution in [0.2, 0.25) is 0 Å². The van der Waals surface area contributed by atoms with Crippen LogP contribution in [0, 0.1) is 0 Å². The molecule has 2 aliphatic heterocycles. The summed E-state index contributed by atoms with van der Waals surface area (Å²) in [6.07, 6.45) is 3.53. The van der Waals surface area contributed by atoms with E-state index in [0.717, 1.165) is 28.6 Å². The second kappa shape index (κ2) is 6.53. The van der Waals surface area contributed by atoms with E-state index in [9.17, 15) is 4.79 Å². The Morgan fingerprint density at radius 2 is 2.21 bits per heavy atom. The maximum absolute atomic E-state index is 12.9. The summed E-state index contributed by atoms with van der Waals surface area (Å²) < 4.78 is 12.0. The molecule has 24 heavy (non-hydrogen) atoms. The van der Waals surface area contributed by atoms with Crippen molar-refractivity contribution in [1.29, 1.82) is 0 Å². The van der Waals surface area contributed by atoms with Crippen molar-refractivity contribution < 1.29 is 13.9 Å². The zero-order chi connectivity index (χ0) is 16.5. The molecule has 1 amide bonds. The lowest BCUT2D eigenvalue weighted by Crippen LogP contribution is -2.35. The second-order valence-electron chi connectivity index (χ2n) is 5.98. The van der Waals surface area contributed by atoms with Crippen molar-refractivity contribution in [2.45, 2.75) is 31.4 Å². The highest BCUT2D eigenvalue weighted by atomic mass is 79.9. The quantitative estimate of drug-likeness (QED) is 0.800. The van der Waals surface area contributed by atoms with Crippen LogP contribution >= 0.6 is 15.9 Å². The Labute approximate surface area is 148 Å². The highest BCUT2D eigenvalue weighted by Crippen LogP contribution is 2.35. The monoisotopic (exact) mass is 388 g/mol. The number of halogens is 1.